The van der Waals surface area contributed by atoms with Gasteiger partial charge >= 0.3 is 6.03 Å². The van der Waals surface area contributed by atoms with Gasteiger partial charge in [0.15, 0.2) is 5.41 Å². The molecule has 0 saturated carbocycles. The summed E-state index contributed by atoms with van der Waals surface area (Å²) in [6.45, 7) is 0.839. The number of carbonyl (C=O) groups is 3. The maximum absolute atomic E-state index is 13.1. The Morgan fingerprint density at radius 2 is 1.70 bits per heavy atom. The number of fused-ring (bicyclic) bond motifs is 4. The van der Waals surface area contributed by atoms with E-state index in [1.54, 1.807) is 0 Å². The standard InChI is InChI=1S/C17H19N3O3/c1-18-14(21)17(15(22)19(2)16(18)23)10-11-6-3-4-7-12(11)20-9-5-8-13(17)20/h3-4,6-7,13H,5,8-10H2,1-2H3/t13-/m1/s1. The van der Waals surface area contributed by atoms with Gasteiger partial charge in [-0.15, -0.1) is 0 Å². The normalized spacial score (nSPS) is 25.9. The predicted molar refractivity (Wildman–Crippen MR) is 83.9 cm³/mol. The van der Waals surface area contributed by atoms with Gasteiger partial charge < -0.3 is 4.90 Å². The summed E-state index contributed by atoms with van der Waals surface area (Å²) in [7, 11) is 2.93. The molecule has 3 aliphatic heterocycles. The average Bonchev–Trinajstić information content (AvgIpc) is 3.07. The highest BCUT2D eigenvalue weighted by atomic mass is 16.2. The lowest BCUT2D eigenvalue weighted by Crippen LogP contribution is -2.70. The van der Waals surface area contributed by atoms with E-state index in [1.165, 1.54) is 14.1 Å². The van der Waals surface area contributed by atoms with E-state index in [0.717, 1.165) is 40.4 Å². The van der Waals surface area contributed by atoms with Crippen LogP contribution in [-0.4, -0.2) is 54.3 Å². The fourth-order valence-electron chi connectivity index (χ4n) is 4.45. The van der Waals surface area contributed by atoms with Crippen LogP contribution in [0, 0.1) is 5.41 Å². The van der Waals surface area contributed by atoms with Gasteiger partial charge in [0.25, 0.3) is 0 Å². The van der Waals surface area contributed by atoms with Crippen LogP contribution in [0.4, 0.5) is 10.5 Å². The fourth-order valence-corrected chi connectivity index (χ4v) is 4.45. The molecule has 23 heavy (non-hydrogen) atoms. The third-order valence-corrected chi connectivity index (χ3v) is 5.54. The molecule has 4 rings (SSSR count). The van der Waals surface area contributed by atoms with Crippen LogP contribution in [-0.2, 0) is 16.0 Å². The molecule has 2 fully saturated rings. The quantitative estimate of drug-likeness (QED) is 0.676. The molecule has 3 heterocycles. The van der Waals surface area contributed by atoms with Gasteiger partial charge in [-0.3, -0.25) is 19.4 Å². The number of imide groups is 2. The van der Waals surface area contributed by atoms with Crippen molar-refractivity contribution in [2.45, 2.75) is 25.3 Å². The van der Waals surface area contributed by atoms with E-state index in [1.807, 2.05) is 18.2 Å². The van der Waals surface area contributed by atoms with Crippen molar-refractivity contribution in [3.8, 4) is 0 Å². The molecule has 0 radical (unpaired) electrons. The molecule has 1 aromatic carbocycles. The Labute approximate surface area is 134 Å². The van der Waals surface area contributed by atoms with Gasteiger partial charge in [-0.2, -0.15) is 0 Å². The van der Waals surface area contributed by atoms with E-state index >= 15 is 0 Å². The average molecular weight is 313 g/mol. The Kier molecular flexibility index (Phi) is 2.83. The zero-order chi connectivity index (χ0) is 16.4. The lowest BCUT2D eigenvalue weighted by atomic mass is 9.68. The molecule has 0 aromatic heterocycles. The summed E-state index contributed by atoms with van der Waals surface area (Å²) < 4.78 is 0. The van der Waals surface area contributed by atoms with Crippen LogP contribution in [0.2, 0.25) is 0 Å². The third-order valence-electron chi connectivity index (χ3n) is 5.54. The molecule has 0 unspecified atom stereocenters. The molecule has 6 heteroatoms. The molecule has 4 amide bonds. The Morgan fingerprint density at radius 1 is 1.04 bits per heavy atom. The van der Waals surface area contributed by atoms with Crippen LogP contribution in [0.3, 0.4) is 0 Å². The SMILES string of the molecule is CN1C(=O)N(C)C(=O)C2(Cc3ccccc3N3CCC[C@@H]32)C1=O. The van der Waals surface area contributed by atoms with Crippen molar-refractivity contribution in [3.05, 3.63) is 29.8 Å². The maximum Gasteiger partial charge on any atom is 0.332 e. The number of anilines is 1. The highest BCUT2D eigenvalue weighted by molar-refractivity contribution is 6.20. The zero-order valence-electron chi connectivity index (χ0n) is 13.3. The van der Waals surface area contributed by atoms with Crippen molar-refractivity contribution in [2.75, 3.05) is 25.5 Å². The molecule has 0 N–H and O–H groups in total. The minimum absolute atomic E-state index is 0.171. The maximum atomic E-state index is 13.1. The van der Waals surface area contributed by atoms with E-state index in [9.17, 15) is 14.4 Å². The number of carbonyl (C=O) groups excluding carboxylic acids is 3. The minimum Gasteiger partial charge on any atom is -0.367 e. The lowest BCUT2D eigenvalue weighted by molar-refractivity contribution is -0.159. The van der Waals surface area contributed by atoms with E-state index in [4.69, 9.17) is 0 Å². The van der Waals surface area contributed by atoms with Gasteiger partial charge in [-0.25, -0.2) is 4.79 Å². The minimum atomic E-state index is -1.18. The number of hydrogen-bond donors (Lipinski definition) is 0. The second kappa shape index (κ2) is 4.57. The van der Waals surface area contributed by atoms with E-state index in [2.05, 4.69) is 11.0 Å². The third kappa shape index (κ3) is 1.61. The molecule has 3 aliphatic rings. The summed E-state index contributed by atoms with van der Waals surface area (Å²) in [4.78, 5) is 42.6. The highest BCUT2D eigenvalue weighted by Crippen LogP contribution is 2.48. The second-order valence-electron chi connectivity index (χ2n) is 6.64. The van der Waals surface area contributed by atoms with Crippen LogP contribution in [0.5, 0.6) is 0 Å². The molecular formula is C17H19N3O3. The molecule has 0 bridgehead atoms. The number of nitrogens with zero attached hydrogens (tertiary/aromatic N) is 3. The molecule has 120 valence electrons. The summed E-state index contributed by atoms with van der Waals surface area (Å²) in [6.07, 6.45) is 2.11. The van der Waals surface area contributed by atoms with Gasteiger partial charge in [-0.05, 0) is 30.9 Å². The number of rotatable bonds is 0. The first-order valence-electron chi connectivity index (χ1n) is 7.93. The highest BCUT2D eigenvalue weighted by Gasteiger charge is 2.63. The Morgan fingerprint density at radius 3 is 2.39 bits per heavy atom. The molecule has 6 nitrogen and oxygen atoms in total. The Balaban J connectivity index is 1.92. The largest absolute Gasteiger partial charge is 0.367 e. The smallest absolute Gasteiger partial charge is 0.332 e. The van der Waals surface area contributed by atoms with Gasteiger partial charge in [0.2, 0.25) is 11.8 Å². The zero-order valence-corrected chi connectivity index (χ0v) is 13.3. The van der Waals surface area contributed by atoms with Crippen molar-refractivity contribution >= 4 is 23.5 Å². The second-order valence-corrected chi connectivity index (χ2v) is 6.64. The molecular weight excluding hydrogens is 294 g/mol. The number of hydrogen-bond acceptors (Lipinski definition) is 4. The first-order valence-corrected chi connectivity index (χ1v) is 7.93. The van der Waals surface area contributed by atoms with Crippen molar-refractivity contribution in [1.29, 1.82) is 0 Å². The van der Waals surface area contributed by atoms with Gasteiger partial charge in [0, 0.05) is 26.3 Å². The molecule has 1 spiro atoms. The summed E-state index contributed by atoms with van der Waals surface area (Å²) >= 11 is 0. The number of benzene rings is 1. The molecule has 2 saturated heterocycles. The van der Waals surface area contributed by atoms with Crippen molar-refractivity contribution < 1.29 is 14.4 Å². The van der Waals surface area contributed by atoms with Crippen molar-refractivity contribution in [2.24, 2.45) is 5.41 Å². The topological polar surface area (TPSA) is 60.9 Å². The first-order chi connectivity index (χ1) is 11.0. The Bertz CT molecular complexity index is 706. The summed E-state index contributed by atoms with van der Waals surface area (Å²) in [6, 6.07) is 7.22. The van der Waals surface area contributed by atoms with Crippen molar-refractivity contribution in [3.63, 3.8) is 0 Å². The number of para-hydroxylation sites is 1. The van der Waals surface area contributed by atoms with E-state index < -0.39 is 11.4 Å². The monoisotopic (exact) mass is 313 g/mol. The lowest BCUT2D eigenvalue weighted by Gasteiger charge is -2.50. The number of amides is 4. The Hall–Kier alpha value is -2.37. The van der Waals surface area contributed by atoms with Crippen LogP contribution in [0.1, 0.15) is 18.4 Å². The number of barbiturate groups is 1. The summed E-state index contributed by atoms with van der Waals surface area (Å²) in [5.74, 6) is -0.728. The van der Waals surface area contributed by atoms with Crippen LogP contribution in [0.15, 0.2) is 24.3 Å². The van der Waals surface area contributed by atoms with Crippen LogP contribution >= 0.6 is 0 Å². The fraction of sp³-hybridized carbons (Fsp3) is 0.471. The van der Waals surface area contributed by atoms with Crippen LogP contribution in [0.25, 0.3) is 0 Å². The summed E-state index contributed by atoms with van der Waals surface area (Å²) in [5, 5.41) is 0. The van der Waals surface area contributed by atoms with Gasteiger partial charge in [0.1, 0.15) is 0 Å². The van der Waals surface area contributed by atoms with Crippen LogP contribution < -0.4 is 4.90 Å². The molecule has 1 aromatic rings. The number of urea groups is 1. The van der Waals surface area contributed by atoms with Gasteiger partial charge in [-0.1, -0.05) is 18.2 Å². The van der Waals surface area contributed by atoms with Gasteiger partial charge in [0.05, 0.1) is 6.04 Å². The molecule has 0 aliphatic carbocycles. The first kappa shape index (κ1) is 14.2. The van der Waals surface area contributed by atoms with E-state index in [0.29, 0.717) is 6.42 Å². The predicted octanol–water partition coefficient (Wildman–Crippen LogP) is 1.25. The molecule has 1 atom stereocenters. The van der Waals surface area contributed by atoms with E-state index in [-0.39, 0.29) is 17.9 Å². The van der Waals surface area contributed by atoms with Crippen molar-refractivity contribution in [1.82, 2.24) is 9.80 Å². The summed E-state index contributed by atoms with van der Waals surface area (Å²) in [5.41, 5.74) is 0.939.